The summed E-state index contributed by atoms with van der Waals surface area (Å²) >= 11 is 9.42. The molecule has 3 nitrogen and oxygen atoms in total. The molecule has 22 heavy (non-hydrogen) atoms. The van der Waals surface area contributed by atoms with Crippen LogP contribution in [0.5, 0.6) is 0 Å². The number of benzene rings is 2. The van der Waals surface area contributed by atoms with Gasteiger partial charge in [-0.05, 0) is 76.3 Å². The fraction of sp³-hybridized carbons (Fsp3) is 0. The average molecular weight is 441 g/mol. The van der Waals surface area contributed by atoms with Crippen LogP contribution in [-0.4, -0.2) is 11.1 Å². The molecule has 0 radical (unpaired) electrons. The van der Waals surface area contributed by atoms with Gasteiger partial charge in [-0.3, -0.25) is 4.79 Å². The molecule has 2 aromatic rings. The number of rotatable bonds is 2. The number of hydrogen-bond acceptors (Lipinski definition) is 3. The predicted octanol–water partition coefficient (Wildman–Crippen LogP) is 4.84. The lowest BCUT2D eigenvalue weighted by Gasteiger charge is -1.97. The highest BCUT2D eigenvalue weighted by Crippen LogP contribution is 2.28. The second-order valence-electron chi connectivity index (χ2n) is 4.51. The predicted molar refractivity (Wildman–Crippen MR) is 101 cm³/mol. The zero-order valence-electron chi connectivity index (χ0n) is 11.2. The summed E-state index contributed by atoms with van der Waals surface area (Å²) in [7, 11) is 0. The summed E-state index contributed by atoms with van der Waals surface area (Å²) in [6.07, 6.45) is 1.83. The van der Waals surface area contributed by atoms with Crippen molar-refractivity contribution >= 4 is 68.8 Å². The Labute approximate surface area is 151 Å². The van der Waals surface area contributed by atoms with Gasteiger partial charge in [-0.15, -0.1) is 0 Å². The number of amides is 1. The largest absolute Gasteiger partial charge is 0.300 e. The number of nitrogens with zero attached hydrogens (tertiary/aromatic N) is 1. The molecule has 1 heterocycles. The standard InChI is InChI=1S/C16H10ClIN2OS/c17-11-6-4-10(5-7-11)8-14-15(21)20-16(22-14)19-13-3-1-2-12(18)9-13/h1-9H,(H,19,20,21)/b14-8+. The molecule has 0 aromatic heterocycles. The van der Waals surface area contributed by atoms with Crippen molar-refractivity contribution in [3.63, 3.8) is 0 Å². The van der Waals surface area contributed by atoms with E-state index in [0.717, 1.165) is 14.8 Å². The van der Waals surface area contributed by atoms with Gasteiger partial charge in [0.25, 0.3) is 5.91 Å². The van der Waals surface area contributed by atoms with Gasteiger partial charge >= 0.3 is 0 Å². The van der Waals surface area contributed by atoms with Gasteiger partial charge in [0.2, 0.25) is 0 Å². The quantitative estimate of drug-likeness (QED) is 0.536. The van der Waals surface area contributed by atoms with E-state index in [4.69, 9.17) is 11.6 Å². The zero-order chi connectivity index (χ0) is 15.5. The normalized spacial score (nSPS) is 18.0. The minimum atomic E-state index is -0.135. The first-order chi connectivity index (χ1) is 10.6. The molecule has 1 N–H and O–H groups in total. The Bertz CT molecular complexity index is 787. The average Bonchev–Trinajstić information content (AvgIpc) is 2.81. The number of amidine groups is 1. The van der Waals surface area contributed by atoms with Crippen molar-refractivity contribution in [1.82, 2.24) is 5.32 Å². The number of halogens is 2. The van der Waals surface area contributed by atoms with Crippen molar-refractivity contribution in [3.05, 3.63) is 67.6 Å². The third-order valence-electron chi connectivity index (χ3n) is 2.86. The maximum absolute atomic E-state index is 12.0. The van der Waals surface area contributed by atoms with E-state index in [-0.39, 0.29) is 5.91 Å². The van der Waals surface area contributed by atoms with Crippen molar-refractivity contribution in [2.24, 2.45) is 4.99 Å². The summed E-state index contributed by atoms with van der Waals surface area (Å²) in [4.78, 5) is 17.1. The number of aliphatic imine (C=N–C) groups is 1. The van der Waals surface area contributed by atoms with E-state index >= 15 is 0 Å². The Morgan fingerprint density at radius 1 is 1.18 bits per heavy atom. The molecule has 110 valence electrons. The molecule has 1 fully saturated rings. The van der Waals surface area contributed by atoms with Gasteiger partial charge in [-0.1, -0.05) is 29.8 Å². The van der Waals surface area contributed by atoms with Gasteiger partial charge in [0.1, 0.15) is 0 Å². The first-order valence-corrected chi connectivity index (χ1v) is 8.68. The molecule has 0 unspecified atom stereocenters. The van der Waals surface area contributed by atoms with E-state index in [9.17, 15) is 4.79 Å². The molecule has 6 heteroatoms. The minimum absolute atomic E-state index is 0.135. The maximum atomic E-state index is 12.0. The molecule has 2 aromatic carbocycles. The molecular weight excluding hydrogens is 431 g/mol. The van der Waals surface area contributed by atoms with Crippen LogP contribution in [0.15, 0.2) is 58.4 Å². The van der Waals surface area contributed by atoms with Crippen LogP contribution >= 0.6 is 46.0 Å². The minimum Gasteiger partial charge on any atom is -0.300 e. The Morgan fingerprint density at radius 2 is 1.95 bits per heavy atom. The third-order valence-corrected chi connectivity index (χ3v) is 4.69. The number of hydrogen-bond donors (Lipinski definition) is 1. The van der Waals surface area contributed by atoms with Gasteiger partial charge in [-0.2, -0.15) is 0 Å². The van der Waals surface area contributed by atoms with Crippen LogP contribution in [0.1, 0.15) is 5.56 Å². The van der Waals surface area contributed by atoms with Gasteiger partial charge in [0, 0.05) is 8.59 Å². The third kappa shape index (κ3) is 3.91. The topological polar surface area (TPSA) is 41.5 Å². The van der Waals surface area contributed by atoms with Gasteiger partial charge in [-0.25, -0.2) is 4.99 Å². The summed E-state index contributed by atoms with van der Waals surface area (Å²) in [5.41, 5.74) is 1.75. The molecule has 0 spiro atoms. The SMILES string of the molecule is O=C1NC(=Nc2cccc(I)c2)S/C1=C/c1ccc(Cl)cc1. The van der Waals surface area contributed by atoms with Crippen molar-refractivity contribution in [2.45, 2.75) is 0 Å². The molecule has 1 aliphatic heterocycles. The number of carbonyl (C=O) groups is 1. The van der Waals surface area contributed by atoms with E-state index in [1.807, 2.05) is 42.5 Å². The van der Waals surface area contributed by atoms with Crippen LogP contribution < -0.4 is 5.32 Å². The summed E-state index contributed by atoms with van der Waals surface area (Å²) < 4.78 is 1.10. The highest BCUT2D eigenvalue weighted by atomic mass is 127. The highest BCUT2D eigenvalue weighted by molar-refractivity contribution is 14.1. The molecule has 1 amide bonds. The van der Waals surface area contributed by atoms with E-state index in [0.29, 0.717) is 15.1 Å². The Morgan fingerprint density at radius 3 is 2.68 bits per heavy atom. The molecule has 3 rings (SSSR count). The van der Waals surface area contributed by atoms with Crippen molar-refractivity contribution in [1.29, 1.82) is 0 Å². The van der Waals surface area contributed by atoms with Crippen molar-refractivity contribution in [3.8, 4) is 0 Å². The van der Waals surface area contributed by atoms with Crippen LogP contribution in [0.25, 0.3) is 6.08 Å². The number of nitrogens with one attached hydrogen (secondary N) is 1. The Kier molecular flexibility index (Phi) is 4.85. The second kappa shape index (κ2) is 6.85. The summed E-state index contributed by atoms with van der Waals surface area (Å²) in [5.74, 6) is -0.135. The fourth-order valence-corrected chi connectivity index (χ4v) is 3.35. The van der Waals surface area contributed by atoms with Crippen LogP contribution in [0, 0.1) is 3.57 Å². The number of carbonyl (C=O) groups excluding carboxylic acids is 1. The van der Waals surface area contributed by atoms with E-state index < -0.39 is 0 Å². The molecule has 1 aliphatic rings. The lowest BCUT2D eigenvalue weighted by atomic mass is 10.2. The highest BCUT2D eigenvalue weighted by Gasteiger charge is 2.23. The van der Waals surface area contributed by atoms with Gasteiger partial charge in [0.15, 0.2) is 5.17 Å². The second-order valence-corrected chi connectivity index (χ2v) is 7.23. The smallest absolute Gasteiger partial charge is 0.264 e. The summed E-state index contributed by atoms with van der Waals surface area (Å²) in [6.45, 7) is 0. The molecule has 0 aliphatic carbocycles. The van der Waals surface area contributed by atoms with E-state index in [1.165, 1.54) is 11.8 Å². The molecule has 1 saturated heterocycles. The monoisotopic (exact) mass is 440 g/mol. The summed E-state index contributed by atoms with van der Waals surface area (Å²) in [6, 6.07) is 15.1. The maximum Gasteiger partial charge on any atom is 0.264 e. The van der Waals surface area contributed by atoms with Crippen LogP contribution in [0.2, 0.25) is 5.02 Å². The van der Waals surface area contributed by atoms with Crippen LogP contribution in [0.3, 0.4) is 0 Å². The Balaban J connectivity index is 1.82. The molecular formula is C16H10ClIN2OS. The fourth-order valence-electron chi connectivity index (χ4n) is 1.85. The summed E-state index contributed by atoms with van der Waals surface area (Å²) in [5, 5.41) is 4.04. The number of thioether (sulfide) groups is 1. The van der Waals surface area contributed by atoms with E-state index in [1.54, 1.807) is 12.1 Å². The lowest BCUT2D eigenvalue weighted by Crippen LogP contribution is -2.19. The van der Waals surface area contributed by atoms with Gasteiger partial charge < -0.3 is 5.32 Å². The first kappa shape index (κ1) is 15.6. The molecule has 0 saturated carbocycles. The Hall–Kier alpha value is -1.31. The lowest BCUT2D eigenvalue weighted by molar-refractivity contribution is -0.115. The van der Waals surface area contributed by atoms with Gasteiger partial charge in [0.05, 0.1) is 10.6 Å². The molecule has 0 bridgehead atoms. The van der Waals surface area contributed by atoms with Crippen LogP contribution in [0.4, 0.5) is 5.69 Å². The zero-order valence-corrected chi connectivity index (χ0v) is 14.9. The van der Waals surface area contributed by atoms with E-state index in [2.05, 4.69) is 32.9 Å². The molecule has 0 atom stereocenters. The first-order valence-electron chi connectivity index (χ1n) is 6.41. The van der Waals surface area contributed by atoms with Crippen molar-refractivity contribution < 1.29 is 4.79 Å². The van der Waals surface area contributed by atoms with Crippen molar-refractivity contribution in [2.75, 3.05) is 0 Å². The van der Waals surface area contributed by atoms with Crippen LogP contribution in [-0.2, 0) is 4.79 Å².